The highest BCUT2D eigenvalue weighted by atomic mass is 16.5. The van der Waals surface area contributed by atoms with Crippen molar-refractivity contribution in [1.82, 2.24) is 0 Å². The van der Waals surface area contributed by atoms with Gasteiger partial charge in [0.25, 0.3) is 0 Å². The van der Waals surface area contributed by atoms with Crippen molar-refractivity contribution in [3.63, 3.8) is 0 Å². The van der Waals surface area contributed by atoms with Crippen molar-refractivity contribution in [1.29, 1.82) is 0 Å². The number of aliphatic hydroxyl groups excluding tert-OH is 1. The maximum atomic E-state index is 9.79. The van der Waals surface area contributed by atoms with Crippen molar-refractivity contribution >= 4 is 5.57 Å². The zero-order valence-corrected chi connectivity index (χ0v) is 12.6. The molecule has 1 atom stereocenters. The molecule has 0 aromatic heterocycles. The van der Waals surface area contributed by atoms with Gasteiger partial charge in [-0.15, -0.1) is 6.42 Å². The number of hydrogen-bond acceptors (Lipinski definition) is 3. The highest BCUT2D eigenvalue weighted by Crippen LogP contribution is 2.27. The van der Waals surface area contributed by atoms with Crippen LogP contribution in [0.3, 0.4) is 0 Å². The number of aliphatic hydroxyl groups is 1. The van der Waals surface area contributed by atoms with Crippen molar-refractivity contribution in [2.75, 3.05) is 14.2 Å². The molecule has 0 fully saturated rings. The molecule has 22 heavy (non-hydrogen) atoms. The smallest absolute Gasteiger partial charge is 0.134 e. The average Bonchev–Trinajstić information content (AvgIpc) is 2.59. The number of methoxy groups -OCH3 is 2. The lowest BCUT2D eigenvalue weighted by Crippen LogP contribution is -2.00. The van der Waals surface area contributed by atoms with Gasteiger partial charge in [-0.25, -0.2) is 0 Å². The Kier molecular flexibility index (Phi) is 5.24. The molecular weight excluding hydrogens is 276 g/mol. The largest absolute Gasteiger partial charge is 0.497 e. The highest BCUT2D eigenvalue weighted by Gasteiger charge is 2.08. The van der Waals surface area contributed by atoms with Crippen LogP contribution >= 0.6 is 0 Å². The quantitative estimate of drug-likeness (QED) is 0.861. The molecule has 2 rings (SSSR count). The maximum Gasteiger partial charge on any atom is 0.134 e. The van der Waals surface area contributed by atoms with Gasteiger partial charge >= 0.3 is 0 Å². The molecule has 0 aliphatic rings. The van der Waals surface area contributed by atoms with E-state index in [1.807, 2.05) is 48.5 Å². The molecule has 0 bridgehead atoms. The zero-order chi connectivity index (χ0) is 15.9. The summed E-state index contributed by atoms with van der Waals surface area (Å²) in [6, 6.07) is 15.2. The van der Waals surface area contributed by atoms with E-state index in [1.165, 1.54) is 0 Å². The Morgan fingerprint density at radius 1 is 0.955 bits per heavy atom. The normalized spacial score (nSPS) is 11.2. The van der Waals surface area contributed by atoms with Crippen LogP contribution in [0.4, 0.5) is 0 Å². The minimum Gasteiger partial charge on any atom is -0.497 e. The molecule has 0 aliphatic carbocycles. The molecule has 2 aromatic rings. The summed E-state index contributed by atoms with van der Waals surface area (Å²) < 4.78 is 10.3. The van der Waals surface area contributed by atoms with E-state index in [9.17, 15) is 5.11 Å². The van der Waals surface area contributed by atoms with Crippen LogP contribution < -0.4 is 9.47 Å². The van der Waals surface area contributed by atoms with Crippen molar-refractivity contribution in [2.24, 2.45) is 0 Å². The fourth-order valence-electron chi connectivity index (χ4n) is 2.11. The Balaban J connectivity index is 2.45. The molecule has 0 amide bonds. The highest BCUT2D eigenvalue weighted by molar-refractivity contribution is 5.80. The maximum absolute atomic E-state index is 9.79. The van der Waals surface area contributed by atoms with E-state index >= 15 is 0 Å². The van der Waals surface area contributed by atoms with Crippen LogP contribution in [0.2, 0.25) is 0 Å². The van der Waals surface area contributed by atoms with E-state index in [0.717, 1.165) is 28.2 Å². The number of rotatable bonds is 5. The molecule has 2 aromatic carbocycles. The first-order valence-electron chi connectivity index (χ1n) is 6.83. The van der Waals surface area contributed by atoms with Crippen molar-refractivity contribution in [3.8, 4) is 23.8 Å². The van der Waals surface area contributed by atoms with Crippen LogP contribution in [0.15, 0.2) is 54.6 Å². The molecular formula is C19H18O3. The summed E-state index contributed by atoms with van der Waals surface area (Å²) in [5.74, 6) is 3.86. The van der Waals surface area contributed by atoms with Gasteiger partial charge in [0.05, 0.1) is 14.2 Å². The number of terminal acetylenes is 1. The minimum absolute atomic E-state index is 0.773. The predicted molar refractivity (Wildman–Crippen MR) is 87.9 cm³/mol. The van der Waals surface area contributed by atoms with E-state index in [0.29, 0.717) is 0 Å². The van der Waals surface area contributed by atoms with E-state index in [-0.39, 0.29) is 0 Å². The minimum atomic E-state index is -0.945. The monoisotopic (exact) mass is 294 g/mol. The molecule has 1 unspecified atom stereocenters. The van der Waals surface area contributed by atoms with Crippen LogP contribution in [0.5, 0.6) is 11.5 Å². The van der Waals surface area contributed by atoms with Gasteiger partial charge in [-0.3, -0.25) is 0 Å². The molecule has 0 spiro atoms. The lowest BCUT2D eigenvalue weighted by Gasteiger charge is -2.11. The summed E-state index contributed by atoms with van der Waals surface area (Å²) in [6.07, 6.45) is 5.99. The molecule has 112 valence electrons. The van der Waals surface area contributed by atoms with E-state index in [2.05, 4.69) is 5.92 Å². The molecule has 0 aliphatic heterocycles. The van der Waals surface area contributed by atoms with Gasteiger partial charge in [-0.1, -0.05) is 30.2 Å². The predicted octanol–water partition coefficient (Wildman–Crippen LogP) is 3.13. The Morgan fingerprint density at radius 3 is 1.68 bits per heavy atom. The van der Waals surface area contributed by atoms with Gasteiger partial charge in [-0.05, 0) is 47.0 Å². The third-order valence-corrected chi connectivity index (χ3v) is 3.30. The van der Waals surface area contributed by atoms with Crippen LogP contribution in [0.1, 0.15) is 11.1 Å². The second-order valence-electron chi connectivity index (χ2n) is 4.65. The van der Waals surface area contributed by atoms with E-state index in [4.69, 9.17) is 15.9 Å². The van der Waals surface area contributed by atoms with Gasteiger partial charge in [0.1, 0.15) is 17.6 Å². The van der Waals surface area contributed by atoms with Gasteiger partial charge in [0, 0.05) is 0 Å². The SMILES string of the molecule is C#CC(O)C=C(c1ccc(OC)cc1)c1ccc(OC)cc1. The number of benzene rings is 2. The molecule has 3 nitrogen and oxygen atoms in total. The number of ether oxygens (including phenoxy) is 2. The Hall–Kier alpha value is -2.70. The summed E-state index contributed by atoms with van der Waals surface area (Å²) in [6.45, 7) is 0. The van der Waals surface area contributed by atoms with Crippen LogP contribution in [-0.2, 0) is 0 Å². The summed E-state index contributed by atoms with van der Waals surface area (Å²) in [5.41, 5.74) is 2.75. The van der Waals surface area contributed by atoms with E-state index in [1.54, 1.807) is 20.3 Å². The molecule has 1 N–H and O–H groups in total. The number of hydrogen-bond donors (Lipinski definition) is 1. The van der Waals surface area contributed by atoms with Crippen LogP contribution in [0.25, 0.3) is 5.57 Å². The summed E-state index contributed by atoms with van der Waals surface area (Å²) in [4.78, 5) is 0. The standard InChI is InChI=1S/C19H18O3/c1-4-16(20)13-19(14-5-9-17(21-2)10-6-14)15-7-11-18(22-3)12-8-15/h1,5-13,16,20H,2-3H3. The summed E-state index contributed by atoms with van der Waals surface area (Å²) in [7, 11) is 3.24. The molecule has 3 heteroatoms. The third-order valence-electron chi connectivity index (χ3n) is 3.30. The molecule has 0 heterocycles. The van der Waals surface area contributed by atoms with Gasteiger partial charge in [-0.2, -0.15) is 0 Å². The summed E-state index contributed by atoms with van der Waals surface area (Å²) in [5, 5.41) is 9.79. The Morgan fingerprint density at radius 2 is 1.36 bits per heavy atom. The summed E-state index contributed by atoms with van der Waals surface area (Å²) >= 11 is 0. The second kappa shape index (κ2) is 7.35. The first kappa shape index (κ1) is 15.7. The lowest BCUT2D eigenvalue weighted by atomic mass is 9.96. The van der Waals surface area contributed by atoms with E-state index < -0.39 is 6.10 Å². The molecule has 0 radical (unpaired) electrons. The van der Waals surface area contributed by atoms with Gasteiger partial charge in [0.15, 0.2) is 0 Å². The van der Waals surface area contributed by atoms with Gasteiger partial charge < -0.3 is 14.6 Å². The van der Waals surface area contributed by atoms with Crippen molar-refractivity contribution in [2.45, 2.75) is 6.10 Å². The Labute approximate surface area is 130 Å². The average molecular weight is 294 g/mol. The second-order valence-corrected chi connectivity index (χ2v) is 4.65. The topological polar surface area (TPSA) is 38.7 Å². The fourth-order valence-corrected chi connectivity index (χ4v) is 2.11. The third kappa shape index (κ3) is 3.69. The van der Waals surface area contributed by atoms with Crippen molar-refractivity contribution in [3.05, 3.63) is 65.7 Å². The fraction of sp³-hybridized carbons (Fsp3) is 0.158. The van der Waals surface area contributed by atoms with Crippen LogP contribution in [-0.4, -0.2) is 25.4 Å². The first-order chi connectivity index (χ1) is 10.7. The first-order valence-corrected chi connectivity index (χ1v) is 6.83. The van der Waals surface area contributed by atoms with Gasteiger partial charge in [0.2, 0.25) is 0 Å². The molecule has 0 saturated carbocycles. The van der Waals surface area contributed by atoms with Crippen molar-refractivity contribution < 1.29 is 14.6 Å². The van der Waals surface area contributed by atoms with Crippen LogP contribution in [0, 0.1) is 12.3 Å². The zero-order valence-electron chi connectivity index (χ0n) is 12.6. The Bertz CT molecular complexity index is 627. The molecule has 0 saturated heterocycles. The lowest BCUT2D eigenvalue weighted by molar-refractivity contribution is 0.281.